The number of nitrogens with one attached hydrogen (secondary N) is 3. The molecule has 2 rings (SSSR count). The molecule has 2 heterocycles. The standard InChI is InChI=1S/C9H8ClN3O3S2/c10-7-3-4-8(17-7)18(15,16)13-12-9(14)6-2-1-5-11-6/h1-5,11,13H,(H,12,14). The largest absolute Gasteiger partial charge is 0.357 e. The van der Waals surface area contributed by atoms with E-state index in [-0.39, 0.29) is 9.90 Å². The molecular formula is C9H8ClN3O3S2. The molecule has 0 atom stereocenters. The van der Waals surface area contributed by atoms with Gasteiger partial charge in [0.25, 0.3) is 15.9 Å². The summed E-state index contributed by atoms with van der Waals surface area (Å²) >= 11 is 6.54. The summed E-state index contributed by atoms with van der Waals surface area (Å²) in [6.45, 7) is 0. The summed E-state index contributed by atoms with van der Waals surface area (Å²) in [6.07, 6.45) is 1.56. The molecule has 0 fully saturated rings. The predicted molar refractivity (Wildman–Crippen MR) is 67.9 cm³/mol. The van der Waals surface area contributed by atoms with Crippen LogP contribution in [0.3, 0.4) is 0 Å². The molecule has 9 heteroatoms. The maximum absolute atomic E-state index is 11.7. The summed E-state index contributed by atoms with van der Waals surface area (Å²) in [5.41, 5.74) is 2.34. The second kappa shape index (κ2) is 5.11. The highest BCUT2D eigenvalue weighted by Gasteiger charge is 2.17. The number of hydrazine groups is 1. The lowest BCUT2D eigenvalue weighted by molar-refractivity contribution is 0.0941. The van der Waals surface area contributed by atoms with E-state index >= 15 is 0 Å². The lowest BCUT2D eigenvalue weighted by Crippen LogP contribution is -2.41. The Morgan fingerprint density at radius 1 is 1.33 bits per heavy atom. The molecular weight excluding hydrogens is 298 g/mol. The Balaban J connectivity index is 2.04. The van der Waals surface area contributed by atoms with Gasteiger partial charge in [-0.2, -0.15) is 0 Å². The third-order valence-electron chi connectivity index (χ3n) is 1.95. The van der Waals surface area contributed by atoms with E-state index in [4.69, 9.17) is 11.6 Å². The van der Waals surface area contributed by atoms with Gasteiger partial charge in [-0.3, -0.25) is 10.2 Å². The second-order valence-corrected chi connectivity index (χ2v) is 6.83. The SMILES string of the molecule is O=C(NNS(=O)(=O)c1ccc(Cl)s1)c1ccc[nH]1. The Kier molecular flexibility index (Phi) is 3.71. The Bertz CT molecular complexity index is 648. The molecule has 0 aliphatic rings. The maximum Gasteiger partial charge on any atom is 0.282 e. The van der Waals surface area contributed by atoms with E-state index < -0.39 is 15.9 Å². The zero-order valence-electron chi connectivity index (χ0n) is 8.81. The van der Waals surface area contributed by atoms with Crippen LogP contribution in [-0.4, -0.2) is 19.3 Å². The van der Waals surface area contributed by atoms with Crippen molar-refractivity contribution in [3.8, 4) is 0 Å². The van der Waals surface area contributed by atoms with Gasteiger partial charge < -0.3 is 4.98 Å². The monoisotopic (exact) mass is 305 g/mol. The van der Waals surface area contributed by atoms with Crippen LogP contribution in [-0.2, 0) is 10.0 Å². The number of H-pyrrole nitrogens is 1. The van der Waals surface area contributed by atoms with Crippen LogP contribution in [0.4, 0.5) is 0 Å². The van der Waals surface area contributed by atoms with Gasteiger partial charge in [-0.15, -0.1) is 16.2 Å². The maximum atomic E-state index is 11.7. The minimum Gasteiger partial charge on any atom is -0.357 e. The number of hydrogen-bond donors (Lipinski definition) is 3. The highest BCUT2D eigenvalue weighted by atomic mass is 35.5. The van der Waals surface area contributed by atoms with Crippen LogP contribution in [0, 0.1) is 0 Å². The van der Waals surface area contributed by atoms with Crippen molar-refractivity contribution in [2.45, 2.75) is 4.21 Å². The normalized spacial score (nSPS) is 11.4. The lowest BCUT2D eigenvalue weighted by Gasteiger charge is -2.05. The van der Waals surface area contributed by atoms with Gasteiger partial charge in [-0.05, 0) is 24.3 Å². The summed E-state index contributed by atoms with van der Waals surface area (Å²) in [7, 11) is -3.79. The Labute approximate surface area is 112 Å². The molecule has 0 spiro atoms. The van der Waals surface area contributed by atoms with Gasteiger partial charge in [0.1, 0.15) is 9.90 Å². The van der Waals surface area contributed by atoms with E-state index in [2.05, 4.69) is 10.4 Å². The molecule has 96 valence electrons. The molecule has 0 bridgehead atoms. The first kappa shape index (κ1) is 13.1. The Morgan fingerprint density at radius 2 is 2.11 bits per heavy atom. The summed E-state index contributed by atoms with van der Waals surface area (Å²) in [6, 6.07) is 5.97. The molecule has 2 aromatic heterocycles. The van der Waals surface area contributed by atoms with Gasteiger partial charge >= 0.3 is 0 Å². The highest BCUT2D eigenvalue weighted by Crippen LogP contribution is 2.24. The van der Waals surface area contributed by atoms with Gasteiger partial charge in [0.15, 0.2) is 0 Å². The van der Waals surface area contributed by atoms with E-state index in [1.54, 1.807) is 12.3 Å². The topological polar surface area (TPSA) is 91.1 Å². The third kappa shape index (κ3) is 2.91. The van der Waals surface area contributed by atoms with Crippen molar-refractivity contribution >= 4 is 38.9 Å². The minimum absolute atomic E-state index is 0.0271. The quantitative estimate of drug-likeness (QED) is 0.745. The summed E-state index contributed by atoms with van der Waals surface area (Å²) < 4.78 is 23.9. The fraction of sp³-hybridized carbons (Fsp3) is 0. The molecule has 2 aromatic rings. The molecule has 0 aliphatic heterocycles. The van der Waals surface area contributed by atoms with Crippen LogP contribution in [0.2, 0.25) is 4.34 Å². The van der Waals surface area contributed by atoms with Crippen molar-refractivity contribution in [1.82, 2.24) is 15.2 Å². The molecule has 0 saturated carbocycles. The second-order valence-electron chi connectivity index (χ2n) is 3.20. The summed E-state index contributed by atoms with van der Waals surface area (Å²) in [5, 5.41) is 0. The summed E-state index contributed by atoms with van der Waals surface area (Å²) in [5.74, 6) is -0.578. The number of hydrogen-bond acceptors (Lipinski definition) is 4. The third-order valence-corrected chi connectivity index (χ3v) is 4.93. The number of aromatic amines is 1. The number of thiophene rings is 1. The molecule has 3 N–H and O–H groups in total. The van der Waals surface area contributed by atoms with Crippen molar-refractivity contribution in [1.29, 1.82) is 0 Å². The number of aromatic nitrogens is 1. The van der Waals surface area contributed by atoms with Crippen LogP contribution in [0.1, 0.15) is 10.5 Å². The first-order chi connectivity index (χ1) is 8.49. The number of carbonyl (C=O) groups is 1. The zero-order valence-corrected chi connectivity index (χ0v) is 11.2. The average Bonchev–Trinajstić information content (AvgIpc) is 2.96. The van der Waals surface area contributed by atoms with Crippen LogP contribution < -0.4 is 10.3 Å². The Hall–Kier alpha value is -1.35. The van der Waals surface area contributed by atoms with Crippen LogP contribution in [0.25, 0.3) is 0 Å². The molecule has 18 heavy (non-hydrogen) atoms. The van der Waals surface area contributed by atoms with Crippen molar-refractivity contribution in [3.63, 3.8) is 0 Å². The zero-order chi connectivity index (χ0) is 13.2. The van der Waals surface area contributed by atoms with Crippen molar-refractivity contribution < 1.29 is 13.2 Å². The minimum atomic E-state index is -3.79. The molecule has 0 unspecified atom stereocenters. The molecule has 0 saturated heterocycles. The summed E-state index contributed by atoms with van der Waals surface area (Å²) in [4.78, 5) is 16.1. The van der Waals surface area contributed by atoms with Crippen LogP contribution >= 0.6 is 22.9 Å². The van der Waals surface area contributed by atoms with Gasteiger partial charge in [0.05, 0.1) is 4.34 Å². The number of amides is 1. The van der Waals surface area contributed by atoms with E-state index in [0.29, 0.717) is 4.34 Å². The molecule has 0 aliphatic carbocycles. The first-order valence-electron chi connectivity index (χ1n) is 4.70. The number of sulfonamides is 1. The molecule has 6 nitrogen and oxygen atoms in total. The lowest BCUT2D eigenvalue weighted by atomic mass is 10.4. The van der Waals surface area contributed by atoms with E-state index in [9.17, 15) is 13.2 Å². The molecule has 0 aromatic carbocycles. The van der Waals surface area contributed by atoms with E-state index in [0.717, 1.165) is 11.3 Å². The predicted octanol–water partition coefficient (Wildman–Crippen LogP) is 1.35. The smallest absolute Gasteiger partial charge is 0.282 e. The van der Waals surface area contributed by atoms with Gasteiger partial charge in [-0.25, -0.2) is 8.42 Å². The first-order valence-corrected chi connectivity index (χ1v) is 7.38. The van der Waals surface area contributed by atoms with Crippen LogP contribution in [0.15, 0.2) is 34.7 Å². The van der Waals surface area contributed by atoms with Crippen molar-refractivity contribution in [2.24, 2.45) is 0 Å². The van der Waals surface area contributed by atoms with Gasteiger partial charge in [0, 0.05) is 6.20 Å². The molecule has 0 radical (unpaired) electrons. The highest BCUT2D eigenvalue weighted by molar-refractivity contribution is 7.91. The van der Waals surface area contributed by atoms with Crippen molar-refractivity contribution in [2.75, 3.05) is 0 Å². The van der Waals surface area contributed by atoms with Gasteiger partial charge in [0.2, 0.25) is 0 Å². The fourth-order valence-corrected chi connectivity index (χ4v) is 3.47. The number of halogens is 1. The average molecular weight is 306 g/mol. The fourth-order valence-electron chi connectivity index (χ4n) is 1.14. The van der Waals surface area contributed by atoms with E-state index in [1.165, 1.54) is 18.2 Å². The number of carbonyl (C=O) groups excluding carboxylic acids is 1. The Morgan fingerprint density at radius 3 is 2.67 bits per heavy atom. The van der Waals surface area contributed by atoms with Crippen molar-refractivity contribution in [3.05, 3.63) is 40.5 Å². The van der Waals surface area contributed by atoms with E-state index in [1.807, 2.05) is 4.83 Å². The van der Waals surface area contributed by atoms with Crippen LogP contribution in [0.5, 0.6) is 0 Å². The molecule has 1 amide bonds. The van der Waals surface area contributed by atoms with Gasteiger partial charge in [-0.1, -0.05) is 11.6 Å². The number of rotatable bonds is 4.